The highest BCUT2D eigenvalue weighted by molar-refractivity contribution is 8.13. The van der Waals surface area contributed by atoms with Crippen LogP contribution < -0.4 is 5.32 Å². The molecule has 1 saturated heterocycles. The Bertz CT molecular complexity index is 264. The molecule has 86 valence electrons. The van der Waals surface area contributed by atoms with Crippen LogP contribution in [0, 0.1) is 0 Å². The van der Waals surface area contributed by atoms with Crippen LogP contribution in [0.1, 0.15) is 27.2 Å². The number of thioether (sulfide) groups is 1. The largest absolute Gasteiger partial charge is 0.465 e. The first kappa shape index (κ1) is 12.4. The molecule has 5 heteroatoms. The number of carbonyl (C=O) groups excluding carboxylic acids is 1. The first-order valence-corrected chi connectivity index (χ1v) is 6.13. The molecule has 0 radical (unpaired) electrons. The minimum absolute atomic E-state index is 0.0821. The van der Waals surface area contributed by atoms with Gasteiger partial charge in [0.05, 0.1) is 6.61 Å². The van der Waals surface area contributed by atoms with Crippen molar-refractivity contribution >= 4 is 22.9 Å². The summed E-state index contributed by atoms with van der Waals surface area (Å²) in [5.74, 6) is 0.776. The van der Waals surface area contributed by atoms with Gasteiger partial charge in [-0.15, -0.1) is 0 Å². The predicted molar refractivity (Wildman–Crippen MR) is 63.2 cm³/mol. The zero-order valence-electron chi connectivity index (χ0n) is 9.50. The fourth-order valence-electron chi connectivity index (χ4n) is 1.22. The van der Waals surface area contributed by atoms with Crippen molar-refractivity contribution in [1.29, 1.82) is 0 Å². The summed E-state index contributed by atoms with van der Waals surface area (Å²) < 4.78 is 4.80. The van der Waals surface area contributed by atoms with Gasteiger partial charge >= 0.3 is 5.97 Å². The number of ether oxygens (including phenoxy) is 1. The number of rotatable bonds is 3. The van der Waals surface area contributed by atoms with Crippen LogP contribution in [0.2, 0.25) is 0 Å². The lowest BCUT2D eigenvalue weighted by Crippen LogP contribution is -2.46. The third kappa shape index (κ3) is 4.55. The number of hydrogen-bond donors (Lipinski definition) is 1. The molecule has 1 N–H and O–H groups in total. The molecule has 1 rings (SSSR count). The minimum Gasteiger partial charge on any atom is -0.465 e. The van der Waals surface area contributed by atoms with Crippen molar-refractivity contribution in [1.82, 2.24) is 5.32 Å². The van der Waals surface area contributed by atoms with Crippen LogP contribution in [0.5, 0.6) is 0 Å². The smallest absolute Gasteiger partial charge is 0.327 e. The molecule has 0 aromatic heterocycles. The first-order chi connectivity index (χ1) is 7.03. The number of nitrogens with zero attached hydrogens (tertiary/aromatic N) is 1. The highest BCUT2D eigenvalue weighted by Crippen LogP contribution is 2.21. The summed E-state index contributed by atoms with van der Waals surface area (Å²) in [7, 11) is 0. The van der Waals surface area contributed by atoms with E-state index >= 15 is 0 Å². The van der Waals surface area contributed by atoms with Gasteiger partial charge in [0.25, 0.3) is 0 Å². The molecule has 0 unspecified atom stereocenters. The van der Waals surface area contributed by atoms with Crippen LogP contribution in [0.4, 0.5) is 0 Å². The van der Waals surface area contributed by atoms with Crippen LogP contribution >= 0.6 is 11.8 Å². The van der Waals surface area contributed by atoms with E-state index in [4.69, 9.17) is 4.74 Å². The van der Waals surface area contributed by atoms with E-state index in [0.29, 0.717) is 6.61 Å². The molecule has 0 bridgehead atoms. The van der Waals surface area contributed by atoms with Gasteiger partial charge in [-0.25, -0.2) is 0 Å². The van der Waals surface area contributed by atoms with Crippen molar-refractivity contribution < 1.29 is 9.53 Å². The Kier molecular flexibility index (Phi) is 4.45. The van der Waals surface area contributed by atoms with E-state index in [9.17, 15) is 4.79 Å². The Hall–Kier alpha value is -0.710. The number of esters is 1. The molecule has 1 aliphatic rings. The van der Waals surface area contributed by atoms with Crippen molar-refractivity contribution in [2.45, 2.75) is 32.7 Å². The summed E-state index contributed by atoms with van der Waals surface area (Å²) in [5.41, 5.74) is 0.0821. The molecule has 0 atom stereocenters. The van der Waals surface area contributed by atoms with Crippen molar-refractivity contribution in [2.75, 3.05) is 18.9 Å². The van der Waals surface area contributed by atoms with Gasteiger partial charge in [-0.1, -0.05) is 11.8 Å². The molecule has 4 nitrogen and oxygen atoms in total. The fraction of sp³-hybridized carbons (Fsp3) is 0.800. The van der Waals surface area contributed by atoms with Gasteiger partial charge < -0.3 is 10.1 Å². The second-order valence-electron chi connectivity index (χ2n) is 4.03. The summed E-state index contributed by atoms with van der Waals surface area (Å²) in [6.07, 6.45) is 1.11. The van der Waals surface area contributed by atoms with Crippen molar-refractivity contribution in [2.24, 2.45) is 4.99 Å². The number of carbonyl (C=O) groups is 1. The highest BCUT2D eigenvalue weighted by Gasteiger charge is 2.24. The third-order valence-electron chi connectivity index (χ3n) is 2.07. The van der Waals surface area contributed by atoms with Gasteiger partial charge in [0.2, 0.25) is 0 Å². The van der Waals surface area contributed by atoms with Crippen molar-refractivity contribution in [3.05, 3.63) is 0 Å². The second-order valence-corrected chi connectivity index (χ2v) is 5.12. The molecule has 0 aliphatic carbocycles. The highest BCUT2D eigenvalue weighted by atomic mass is 32.2. The van der Waals surface area contributed by atoms with Crippen LogP contribution in [0.25, 0.3) is 0 Å². The number of hydrogen-bond acceptors (Lipinski definition) is 4. The van der Waals surface area contributed by atoms with Crippen LogP contribution in [-0.2, 0) is 9.53 Å². The lowest BCUT2D eigenvalue weighted by molar-refractivity contribution is -0.141. The van der Waals surface area contributed by atoms with Gasteiger partial charge in [-0.05, 0) is 27.2 Å². The van der Waals surface area contributed by atoms with Gasteiger partial charge in [-0.2, -0.15) is 0 Å². The average Bonchev–Trinajstić information content (AvgIpc) is 2.14. The Morgan fingerprint density at radius 2 is 2.40 bits per heavy atom. The zero-order chi connectivity index (χ0) is 11.3. The molecule has 0 aromatic carbocycles. The molecule has 0 amide bonds. The third-order valence-corrected chi connectivity index (χ3v) is 2.98. The molecular formula is C10H18N2O2S. The van der Waals surface area contributed by atoms with Gasteiger partial charge in [0.15, 0.2) is 5.17 Å². The number of amidine groups is 1. The maximum atomic E-state index is 11.1. The molecule has 1 heterocycles. The SMILES string of the molecule is CCOC(=O)CN=C1NC(C)(C)CCS1. The lowest BCUT2D eigenvalue weighted by atomic mass is 10.0. The molecule has 1 aliphatic heterocycles. The van der Waals surface area contributed by atoms with E-state index in [-0.39, 0.29) is 18.1 Å². The molecule has 0 saturated carbocycles. The Balaban J connectivity index is 2.42. The molecule has 0 spiro atoms. The van der Waals surface area contributed by atoms with Gasteiger partial charge in [0, 0.05) is 11.3 Å². The maximum absolute atomic E-state index is 11.1. The first-order valence-electron chi connectivity index (χ1n) is 5.14. The topological polar surface area (TPSA) is 50.7 Å². The van der Waals surface area contributed by atoms with Crippen LogP contribution in [0.3, 0.4) is 0 Å². The van der Waals surface area contributed by atoms with E-state index < -0.39 is 0 Å². The van der Waals surface area contributed by atoms with E-state index in [2.05, 4.69) is 24.2 Å². The van der Waals surface area contributed by atoms with Gasteiger partial charge in [0.1, 0.15) is 6.54 Å². The Labute approximate surface area is 94.9 Å². The molecular weight excluding hydrogens is 212 g/mol. The van der Waals surface area contributed by atoms with Crippen LogP contribution in [-0.4, -0.2) is 35.6 Å². The molecule has 1 fully saturated rings. The lowest BCUT2D eigenvalue weighted by Gasteiger charge is -2.32. The van der Waals surface area contributed by atoms with E-state index in [1.165, 1.54) is 0 Å². The van der Waals surface area contributed by atoms with Crippen molar-refractivity contribution in [3.63, 3.8) is 0 Å². The minimum atomic E-state index is -0.268. The average molecular weight is 230 g/mol. The number of aliphatic imine (C=N–C) groups is 1. The molecule has 15 heavy (non-hydrogen) atoms. The summed E-state index contributed by atoms with van der Waals surface area (Å²) in [4.78, 5) is 15.3. The van der Waals surface area contributed by atoms with Gasteiger partial charge in [-0.3, -0.25) is 9.79 Å². The maximum Gasteiger partial charge on any atom is 0.327 e. The summed E-state index contributed by atoms with van der Waals surface area (Å²) >= 11 is 1.66. The van der Waals surface area contributed by atoms with E-state index in [1.807, 2.05) is 0 Å². The quantitative estimate of drug-likeness (QED) is 0.745. The molecule has 0 aromatic rings. The standard InChI is InChI=1S/C10H18N2O2S/c1-4-14-8(13)7-11-9-12-10(2,3)5-6-15-9/h4-7H2,1-3H3,(H,11,12). The fourth-order valence-corrected chi connectivity index (χ4v) is 2.53. The number of nitrogens with one attached hydrogen (secondary N) is 1. The predicted octanol–water partition coefficient (Wildman–Crippen LogP) is 1.41. The van der Waals surface area contributed by atoms with Crippen molar-refractivity contribution in [3.8, 4) is 0 Å². The van der Waals surface area contributed by atoms with E-state index in [0.717, 1.165) is 17.3 Å². The van der Waals surface area contributed by atoms with E-state index in [1.54, 1.807) is 18.7 Å². The summed E-state index contributed by atoms with van der Waals surface area (Å²) in [6.45, 7) is 6.58. The monoisotopic (exact) mass is 230 g/mol. The summed E-state index contributed by atoms with van der Waals surface area (Å²) in [6, 6.07) is 0. The Morgan fingerprint density at radius 1 is 1.67 bits per heavy atom. The normalized spacial score (nSPS) is 22.2. The Morgan fingerprint density at radius 3 is 3.00 bits per heavy atom. The zero-order valence-corrected chi connectivity index (χ0v) is 10.3. The van der Waals surface area contributed by atoms with Crippen LogP contribution in [0.15, 0.2) is 4.99 Å². The summed E-state index contributed by atoms with van der Waals surface area (Å²) in [5, 5.41) is 4.14. The second kappa shape index (κ2) is 5.39.